The fourth-order valence-electron chi connectivity index (χ4n) is 1.19. The number of nitrogens with one attached hydrogen (secondary N) is 1. The Morgan fingerprint density at radius 2 is 1.94 bits per heavy atom. The molecule has 0 saturated heterocycles. The van der Waals surface area contributed by atoms with Gasteiger partial charge in [-0.25, -0.2) is 0 Å². The monoisotopic (exact) mass is 241 g/mol. The third-order valence-corrected chi connectivity index (χ3v) is 2.43. The zero-order chi connectivity index (χ0) is 12.8. The maximum atomic E-state index is 11.8. The molecule has 6 heteroatoms. The number of alkyl halides is 3. The average Bonchev–Trinajstić information content (AvgIpc) is 2.20. The Balaban J connectivity index is 3.73. The van der Waals surface area contributed by atoms with Gasteiger partial charge >= 0.3 is 12.1 Å². The normalized spacial score (nSPS) is 15.6. The van der Waals surface area contributed by atoms with Crippen molar-refractivity contribution in [2.24, 2.45) is 5.92 Å². The van der Waals surface area contributed by atoms with Crippen LogP contribution in [0.5, 0.6) is 0 Å². The maximum Gasteiger partial charge on any atom is 0.389 e. The topological polar surface area (TPSA) is 38.3 Å². The Labute approximate surface area is 93.3 Å². The summed E-state index contributed by atoms with van der Waals surface area (Å²) in [7, 11) is 1.29. The molecule has 0 radical (unpaired) electrons. The fourth-order valence-corrected chi connectivity index (χ4v) is 1.19. The predicted octanol–water partition coefficient (Wildman–Crippen LogP) is 2.12. The van der Waals surface area contributed by atoms with E-state index in [1.165, 1.54) is 7.11 Å². The molecule has 0 aliphatic heterocycles. The first-order valence-corrected chi connectivity index (χ1v) is 5.16. The van der Waals surface area contributed by atoms with Crippen molar-refractivity contribution in [3.8, 4) is 0 Å². The van der Waals surface area contributed by atoms with Crippen LogP contribution < -0.4 is 5.32 Å². The summed E-state index contributed by atoms with van der Waals surface area (Å²) in [6.45, 7) is 3.66. The Bertz CT molecular complexity index is 219. The average molecular weight is 241 g/mol. The first-order valence-electron chi connectivity index (χ1n) is 5.16. The van der Waals surface area contributed by atoms with E-state index in [0.717, 1.165) is 0 Å². The lowest BCUT2D eigenvalue weighted by atomic mass is 10.0. The summed E-state index contributed by atoms with van der Waals surface area (Å²) in [5, 5.41) is 2.87. The minimum absolute atomic E-state index is 0.0156. The van der Waals surface area contributed by atoms with Gasteiger partial charge in [-0.1, -0.05) is 6.92 Å². The lowest BCUT2D eigenvalue weighted by molar-refractivity contribution is -0.146. The summed E-state index contributed by atoms with van der Waals surface area (Å²) in [6.07, 6.45) is -4.90. The Morgan fingerprint density at radius 1 is 1.38 bits per heavy atom. The molecule has 2 atom stereocenters. The highest BCUT2D eigenvalue weighted by atomic mass is 19.4. The van der Waals surface area contributed by atoms with E-state index < -0.39 is 12.6 Å². The van der Waals surface area contributed by atoms with Crippen LogP contribution in [0.15, 0.2) is 0 Å². The van der Waals surface area contributed by atoms with Crippen LogP contribution in [0, 0.1) is 5.92 Å². The van der Waals surface area contributed by atoms with Gasteiger partial charge in [0.05, 0.1) is 13.0 Å². The molecule has 0 amide bonds. The molecule has 0 bridgehead atoms. The lowest BCUT2D eigenvalue weighted by Gasteiger charge is -2.19. The number of rotatable bonds is 6. The Kier molecular flexibility index (Phi) is 6.40. The van der Waals surface area contributed by atoms with Crippen molar-refractivity contribution < 1.29 is 22.7 Å². The molecule has 0 aromatic rings. The number of esters is 1. The highest BCUT2D eigenvalue weighted by Gasteiger charge is 2.26. The Hall–Kier alpha value is -0.780. The number of halogens is 3. The minimum atomic E-state index is -4.11. The van der Waals surface area contributed by atoms with Gasteiger partial charge in [0.2, 0.25) is 0 Å². The van der Waals surface area contributed by atoms with Gasteiger partial charge in [0.15, 0.2) is 0 Å². The predicted molar refractivity (Wildman–Crippen MR) is 53.9 cm³/mol. The second kappa shape index (κ2) is 6.73. The third-order valence-electron chi connectivity index (χ3n) is 2.43. The zero-order valence-corrected chi connectivity index (χ0v) is 9.73. The van der Waals surface area contributed by atoms with E-state index in [4.69, 9.17) is 0 Å². The van der Waals surface area contributed by atoms with Gasteiger partial charge in [-0.3, -0.25) is 4.79 Å². The van der Waals surface area contributed by atoms with E-state index >= 15 is 0 Å². The third kappa shape index (κ3) is 6.66. The van der Waals surface area contributed by atoms with E-state index in [1.807, 2.05) is 0 Å². The molecule has 2 unspecified atom stereocenters. The van der Waals surface area contributed by atoms with Crippen LogP contribution in [-0.4, -0.2) is 31.8 Å². The highest BCUT2D eigenvalue weighted by molar-refractivity contribution is 5.72. The van der Waals surface area contributed by atoms with Gasteiger partial charge < -0.3 is 10.1 Å². The van der Waals surface area contributed by atoms with E-state index in [9.17, 15) is 18.0 Å². The zero-order valence-electron chi connectivity index (χ0n) is 9.73. The molecule has 16 heavy (non-hydrogen) atoms. The van der Waals surface area contributed by atoms with Gasteiger partial charge in [-0.2, -0.15) is 13.2 Å². The molecule has 0 rings (SSSR count). The molecule has 1 N–H and O–H groups in total. The number of hydrogen-bond acceptors (Lipinski definition) is 3. The van der Waals surface area contributed by atoms with E-state index in [-0.39, 0.29) is 30.9 Å². The van der Waals surface area contributed by atoms with Crippen LogP contribution in [0.2, 0.25) is 0 Å². The molecule has 0 fully saturated rings. The molecule has 0 spiro atoms. The molecule has 0 aliphatic carbocycles. The summed E-state index contributed by atoms with van der Waals surface area (Å²) in [6, 6.07) is -0.194. The van der Waals surface area contributed by atoms with Gasteiger partial charge in [-0.05, 0) is 19.9 Å². The van der Waals surface area contributed by atoms with Gasteiger partial charge in [-0.15, -0.1) is 0 Å². The van der Waals surface area contributed by atoms with Crippen LogP contribution in [0.1, 0.15) is 26.7 Å². The van der Waals surface area contributed by atoms with Crippen molar-refractivity contribution in [3.63, 3.8) is 0 Å². The van der Waals surface area contributed by atoms with E-state index in [2.05, 4.69) is 10.1 Å². The van der Waals surface area contributed by atoms with Crippen LogP contribution in [0.3, 0.4) is 0 Å². The molecule has 0 heterocycles. The largest absolute Gasteiger partial charge is 0.469 e. The number of ether oxygens (including phenoxy) is 1. The first-order chi connectivity index (χ1) is 7.28. The molecule has 0 aromatic heterocycles. The van der Waals surface area contributed by atoms with Crippen molar-refractivity contribution in [2.45, 2.75) is 38.9 Å². The molecule has 96 valence electrons. The van der Waals surface area contributed by atoms with Gasteiger partial charge in [0.25, 0.3) is 0 Å². The van der Waals surface area contributed by atoms with Crippen molar-refractivity contribution in [3.05, 3.63) is 0 Å². The van der Waals surface area contributed by atoms with Crippen molar-refractivity contribution in [2.75, 3.05) is 13.7 Å². The highest BCUT2D eigenvalue weighted by Crippen LogP contribution is 2.20. The molecular formula is C10H18F3NO2. The second-order valence-electron chi connectivity index (χ2n) is 3.77. The first kappa shape index (κ1) is 15.2. The summed E-state index contributed by atoms with van der Waals surface area (Å²) in [5.74, 6) is -0.730. The number of carbonyl (C=O) groups excluding carboxylic acids is 1. The fraction of sp³-hybridized carbons (Fsp3) is 0.900. The summed E-state index contributed by atoms with van der Waals surface area (Å²) in [4.78, 5) is 11.1. The van der Waals surface area contributed by atoms with Crippen molar-refractivity contribution in [1.29, 1.82) is 0 Å². The van der Waals surface area contributed by atoms with Crippen molar-refractivity contribution >= 4 is 5.97 Å². The number of hydrogen-bond donors (Lipinski definition) is 1. The molecule has 3 nitrogen and oxygen atoms in total. The maximum absolute atomic E-state index is 11.8. The quantitative estimate of drug-likeness (QED) is 0.571. The van der Waals surface area contributed by atoms with Crippen LogP contribution in [0.25, 0.3) is 0 Å². The van der Waals surface area contributed by atoms with Crippen LogP contribution >= 0.6 is 0 Å². The molecular weight excluding hydrogens is 223 g/mol. The molecule has 0 saturated carbocycles. The standard InChI is InChI=1S/C10H18F3NO2/c1-7(9(15)16-3)8(2)14-6-4-5-10(11,12)13/h7-8,14H,4-6H2,1-3H3. The van der Waals surface area contributed by atoms with Crippen LogP contribution in [0.4, 0.5) is 13.2 Å². The van der Waals surface area contributed by atoms with Gasteiger partial charge in [0.1, 0.15) is 0 Å². The number of methoxy groups -OCH3 is 1. The second-order valence-corrected chi connectivity index (χ2v) is 3.77. The molecule has 0 aromatic carbocycles. The van der Waals surface area contributed by atoms with Crippen LogP contribution in [-0.2, 0) is 9.53 Å². The van der Waals surface area contributed by atoms with E-state index in [0.29, 0.717) is 0 Å². The smallest absolute Gasteiger partial charge is 0.389 e. The SMILES string of the molecule is COC(=O)C(C)C(C)NCCCC(F)(F)F. The Morgan fingerprint density at radius 3 is 2.38 bits per heavy atom. The van der Waals surface area contributed by atoms with E-state index in [1.54, 1.807) is 13.8 Å². The minimum Gasteiger partial charge on any atom is -0.469 e. The molecule has 0 aliphatic rings. The summed E-state index contributed by atoms with van der Waals surface area (Å²) in [5.41, 5.74) is 0. The lowest BCUT2D eigenvalue weighted by Crippen LogP contribution is -2.37. The van der Waals surface area contributed by atoms with Crippen molar-refractivity contribution in [1.82, 2.24) is 5.32 Å². The van der Waals surface area contributed by atoms with Gasteiger partial charge in [0, 0.05) is 12.5 Å². The number of carbonyl (C=O) groups is 1. The summed E-state index contributed by atoms with van der Waals surface area (Å²) >= 11 is 0. The summed E-state index contributed by atoms with van der Waals surface area (Å²) < 4.78 is 40.0.